The van der Waals surface area contributed by atoms with E-state index in [-0.39, 0.29) is 6.04 Å². The Morgan fingerprint density at radius 1 is 1.06 bits per heavy atom. The van der Waals surface area contributed by atoms with E-state index in [1.54, 1.807) is 0 Å². The van der Waals surface area contributed by atoms with Gasteiger partial charge in [0.05, 0.1) is 0 Å². The Balaban J connectivity index is 3.92. The number of esters is 2. The maximum atomic E-state index is 10.9. The maximum absolute atomic E-state index is 10.9. The smallest absolute Gasteiger partial charge is 0.330 e. The lowest BCUT2D eigenvalue weighted by atomic mass is 10.3. The predicted molar refractivity (Wildman–Crippen MR) is 69.0 cm³/mol. The first-order valence-electron chi connectivity index (χ1n) is 5.83. The van der Waals surface area contributed by atoms with Crippen LogP contribution in [0.1, 0.15) is 13.8 Å². The summed E-state index contributed by atoms with van der Waals surface area (Å²) in [5, 5.41) is 0. The first-order chi connectivity index (χ1) is 8.51. The normalized spacial score (nSPS) is 10.2. The third-order valence-electron chi connectivity index (χ3n) is 2.31. The fourth-order valence-corrected chi connectivity index (χ4v) is 1.27. The molecule has 0 fully saturated rings. The molecule has 0 bridgehead atoms. The fourth-order valence-electron chi connectivity index (χ4n) is 1.27. The molecular weight excluding hydrogens is 234 g/mol. The van der Waals surface area contributed by atoms with Gasteiger partial charge in [0.1, 0.15) is 13.2 Å². The van der Waals surface area contributed by atoms with E-state index < -0.39 is 11.9 Å². The molecule has 0 aliphatic carbocycles. The van der Waals surface area contributed by atoms with Crippen molar-refractivity contribution < 1.29 is 19.1 Å². The van der Waals surface area contributed by atoms with Gasteiger partial charge < -0.3 is 9.47 Å². The zero-order valence-electron chi connectivity index (χ0n) is 11.1. The van der Waals surface area contributed by atoms with Crippen molar-refractivity contribution in [2.24, 2.45) is 0 Å². The summed E-state index contributed by atoms with van der Waals surface area (Å²) in [7, 11) is 0. The lowest BCUT2D eigenvalue weighted by Gasteiger charge is -2.25. The second-order valence-corrected chi connectivity index (χ2v) is 3.87. The van der Waals surface area contributed by atoms with Crippen molar-refractivity contribution in [2.45, 2.75) is 19.9 Å². The first-order valence-corrected chi connectivity index (χ1v) is 5.83. The molecule has 0 aliphatic rings. The summed E-state index contributed by atoms with van der Waals surface area (Å²) in [4.78, 5) is 23.8. The van der Waals surface area contributed by atoms with Gasteiger partial charge in [-0.3, -0.25) is 4.90 Å². The quantitative estimate of drug-likeness (QED) is 0.457. The van der Waals surface area contributed by atoms with Gasteiger partial charge in [-0.2, -0.15) is 0 Å². The molecule has 18 heavy (non-hydrogen) atoms. The number of rotatable bonds is 9. The fraction of sp³-hybridized carbons (Fsp3) is 0.538. The second-order valence-electron chi connectivity index (χ2n) is 3.87. The van der Waals surface area contributed by atoms with Crippen molar-refractivity contribution in [3.8, 4) is 0 Å². The highest BCUT2D eigenvalue weighted by atomic mass is 16.5. The molecule has 0 rings (SSSR count). The predicted octanol–water partition coefficient (Wildman–Crippen LogP) is 1.16. The van der Waals surface area contributed by atoms with E-state index in [1.165, 1.54) is 0 Å². The molecular formula is C13H21NO4. The Bertz CT molecular complexity index is 273. The molecule has 0 radical (unpaired) electrons. The number of nitrogens with zero attached hydrogens (tertiary/aromatic N) is 1. The molecule has 102 valence electrons. The minimum Gasteiger partial charge on any atom is -0.461 e. The van der Waals surface area contributed by atoms with Gasteiger partial charge in [0, 0.05) is 31.3 Å². The van der Waals surface area contributed by atoms with Crippen LogP contribution in [-0.4, -0.2) is 49.2 Å². The highest BCUT2D eigenvalue weighted by Gasteiger charge is 2.10. The van der Waals surface area contributed by atoms with Gasteiger partial charge in [-0.1, -0.05) is 13.2 Å². The van der Waals surface area contributed by atoms with Crippen molar-refractivity contribution in [1.29, 1.82) is 0 Å². The van der Waals surface area contributed by atoms with Crippen LogP contribution >= 0.6 is 0 Å². The van der Waals surface area contributed by atoms with Crippen LogP contribution in [0.2, 0.25) is 0 Å². The van der Waals surface area contributed by atoms with Crippen LogP contribution in [-0.2, 0) is 19.1 Å². The zero-order chi connectivity index (χ0) is 14.0. The molecule has 0 N–H and O–H groups in total. The van der Waals surface area contributed by atoms with Crippen molar-refractivity contribution in [3.63, 3.8) is 0 Å². The summed E-state index contributed by atoms with van der Waals surface area (Å²) >= 11 is 0. The van der Waals surface area contributed by atoms with E-state index in [4.69, 9.17) is 9.47 Å². The van der Waals surface area contributed by atoms with Gasteiger partial charge >= 0.3 is 11.9 Å². The molecule has 0 amide bonds. The Kier molecular flexibility index (Phi) is 8.57. The van der Waals surface area contributed by atoms with Crippen LogP contribution in [0.5, 0.6) is 0 Å². The van der Waals surface area contributed by atoms with Crippen LogP contribution < -0.4 is 0 Å². The van der Waals surface area contributed by atoms with Crippen molar-refractivity contribution >= 4 is 11.9 Å². The third kappa shape index (κ3) is 7.62. The van der Waals surface area contributed by atoms with E-state index in [2.05, 4.69) is 13.2 Å². The van der Waals surface area contributed by atoms with E-state index in [0.717, 1.165) is 12.2 Å². The number of hydrogen-bond acceptors (Lipinski definition) is 5. The average molecular weight is 255 g/mol. The van der Waals surface area contributed by atoms with Crippen LogP contribution in [0.4, 0.5) is 0 Å². The summed E-state index contributed by atoms with van der Waals surface area (Å²) in [6, 6.07) is 0.273. The number of carbonyl (C=O) groups excluding carboxylic acids is 2. The Hall–Kier alpha value is -1.62. The summed E-state index contributed by atoms with van der Waals surface area (Å²) in [5.41, 5.74) is 0. The lowest BCUT2D eigenvalue weighted by Crippen LogP contribution is -2.37. The average Bonchev–Trinajstić information content (AvgIpc) is 2.35. The number of hydrogen-bond donors (Lipinski definition) is 0. The summed E-state index contributed by atoms with van der Waals surface area (Å²) in [5.74, 6) is -0.867. The number of ether oxygens (including phenoxy) is 2. The molecule has 5 heteroatoms. The van der Waals surface area contributed by atoms with E-state index in [1.807, 2.05) is 18.7 Å². The van der Waals surface area contributed by atoms with Gasteiger partial charge in [0.15, 0.2) is 0 Å². The van der Waals surface area contributed by atoms with E-state index in [9.17, 15) is 9.59 Å². The molecule has 0 atom stereocenters. The van der Waals surface area contributed by atoms with Crippen molar-refractivity contribution in [1.82, 2.24) is 4.90 Å². The molecule has 0 aromatic carbocycles. The monoisotopic (exact) mass is 255 g/mol. The molecule has 0 spiro atoms. The minimum atomic E-state index is -0.434. The molecule has 0 unspecified atom stereocenters. The maximum Gasteiger partial charge on any atom is 0.330 e. The first kappa shape index (κ1) is 16.4. The Morgan fingerprint density at radius 3 is 1.72 bits per heavy atom. The third-order valence-corrected chi connectivity index (χ3v) is 2.31. The van der Waals surface area contributed by atoms with E-state index >= 15 is 0 Å². The lowest BCUT2D eigenvalue weighted by molar-refractivity contribution is -0.138. The summed E-state index contributed by atoms with van der Waals surface area (Å²) in [6.07, 6.45) is 2.26. The van der Waals surface area contributed by atoms with Gasteiger partial charge in [0.25, 0.3) is 0 Å². The van der Waals surface area contributed by atoms with Crippen molar-refractivity contribution in [3.05, 3.63) is 25.3 Å². The van der Waals surface area contributed by atoms with Crippen LogP contribution in [0.25, 0.3) is 0 Å². The van der Waals surface area contributed by atoms with Gasteiger partial charge in [-0.05, 0) is 13.8 Å². The summed E-state index contributed by atoms with van der Waals surface area (Å²) in [6.45, 7) is 12.4. The van der Waals surface area contributed by atoms with Crippen LogP contribution in [0.3, 0.4) is 0 Å². The molecule has 0 aromatic heterocycles. The van der Waals surface area contributed by atoms with Gasteiger partial charge in [0.2, 0.25) is 0 Å². The SMILES string of the molecule is C=CC(=O)OCCN(CCOC(=O)C=C)C(C)C. The molecule has 0 aliphatic heterocycles. The Morgan fingerprint density at radius 2 is 1.44 bits per heavy atom. The molecule has 0 heterocycles. The van der Waals surface area contributed by atoms with Gasteiger partial charge in [-0.25, -0.2) is 9.59 Å². The molecule has 0 saturated heterocycles. The highest BCUT2D eigenvalue weighted by molar-refractivity contribution is 5.81. The topological polar surface area (TPSA) is 55.8 Å². The number of carbonyl (C=O) groups is 2. The molecule has 0 aromatic rings. The Labute approximate surface area is 108 Å². The highest BCUT2D eigenvalue weighted by Crippen LogP contribution is 1.98. The van der Waals surface area contributed by atoms with Crippen LogP contribution in [0, 0.1) is 0 Å². The minimum absolute atomic E-state index is 0.273. The van der Waals surface area contributed by atoms with E-state index in [0.29, 0.717) is 26.3 Å². The summed E-state index contributed by atoms with van der Waals surface area (Å²) < 4.78 is 9.80. The standard InChI is InChI=1S/C13H21NO4/c1-5-12(15)17-9-7-14(11(3)4)8-10-18-13(16)6-2/h5-6,11H,1-2,7-10H2,3-4H3. The zero-order valence-corrected chi connectivity index (χ0v) is 11.1. The second kappa shape index (κ2) is 9.41. The molecule has 5 nitrogen and oxygen atoms in total. The van der Waals surface area contributed by atoms with Gasteiger partial charge in [-0.15, -0.1) is 0 Å². The molecule has 0 saturated carbocycles. The van der Waals surface area contributed by atoms with Crippen LogP contribution in [0.15, 0.2) is 25.3 Å². The largest absolute Gasteiger partial charge is 0.461 e. The van der Waals surface area contributed by atoms with Crippen molar-refractivity contribution in [2.75, 3.05) is 26.3 Å².